The van der Waals surface area contributed by atoms with Crippen LogP contribution in [0.3, 0.4) is 0 Å². The summed E-state index contributed by atoms with van der Waals surface area (Å²) in [4.78, 5) is 4.44. The summed E-state index contributed by atoms with van der Waals surface area (Å²) < 4.78 is 7.27. The molecule has 0 atom stereocenters. The second kappa shape index (κ2) is 3.74. The molecule has 0 saturated heterocycles. The number of fused-ring (bicyclic) bond motifs is 1. The number of aryl methyl sites for hydroxylation is 2. The zero-order chi connectivity index (χ0) is 11.0. The van der Waals surface area contributed by atoms with E-state index in [1.165, 1.54) is 0 Å². The highest BCUT2D eigenvalue weighted by Crippen LogP contribution is 2.25. The van der Waals surface area contributed by atoms with Crippen molar-refractivity contribution >= 4 is 22.6 Å². The van der Waals surface area contributed by atoms with Crippen molar-refractivity contribution in [3.05, 3.63) is 23.5 Å². The number of alkyl halides is 1. The maximum atomic E-state index is 5.80. The maximum absolute atomic E-state index is 5.80. The van der Waals surface area contributed by atoms with Crippen LogP contribution in [0.5, 0.6) is 5.75 Å². The quantitative estimate of drug-likeness (QED) is 0.734. The van der Waals surface area contributed by atoms with Crippen molar-refractivity contribution in [2.75, 3.05) is 7.11 Å². The summed E-state index contributed by atoms with van der Waals surface area (Å²) in [5, 5.41) is 0. The van der Waals surface area contributed by atoms with Crippen molar-refractivity contribution in [1.82, 2.24) is 9.55 Å². The van der Waals surface area contributed by atoms with Crippen LogP contribution in [0.1, 0.15) is 11.4 Å². The van der Waals surface area contributed by atoms with Gasteiger partial charge in [0.2, 0.25) is 0 Å². The van der Waals surface area contributed by atoms with Gasteiger partial charge in [-0.25, -0.2) is 4.98 Å². The molecule has 0 N–H and O–H groups in total. The summed E-state index contributed by atoms with van der Waals surface area (Å²) >= 11 is 5.80. The Kier molecular flexibility index (Phi) is 2.57. The van der Waals surface area contributed by atoms with Crippen LogP contribution in [0.15, 0.2) is 12.1 Å². The first-order valence-corrected chi connectivity index (χ1v) is 5.26. The summed E-state index contributed by atoms with van der Waals surface area (Å²) in [7, 11) is 3.63. The maximum Gasteiger partial charge on any atom is 0.124 e. The van der Waals surface area contributed by atoms with E-state index in [0.29, 0.717) is 5.88 Å². The van der Waals surface area contributed by atoms with Gasteiger partial charge in [0.1, 0.15) is 11.6 Å². The molecule has 0 spiro atoms. The molecule has 0 fully saturated rings. The first-order valence-electron chi connectivity index (χ1n) is 4.73. The van der Waals surface area contributed by atoms with Crippen LogP contribution < -0.4 is 4.74 Å². The fourth-order valence-corrected chi connectivity index (χ4v) is 1.95. The Balaban J connectivity index is 2.74. The summed E-state index contributed by atoms with van der Waals surface area (Å²) in [6.45, 7) is 2.01. The minimum Gasteiger partial charge on any atom is -0.496 e. The molecular weight excluding hydrogens is 212 g/mol. The zero-order valence-electron chi connectivity index (χ0n) is 9.04. The molecular formula is C11H13ClN2O. The molecule has 1 aromatic heterocycles. The standard InChI is InChI=1S/C11H13ClN2O/c1-7-4-8-9(5-10(7)15-3)14(2)11(6-12)13-8/h4-5H,6H2,1-3H3. The Morgan fingerprint density at radius 2 is 2.20 bits per heavy atom. The summed E-state index contributed by atoms with van der Waals surface area (Å²) in [5.74, 6) is 2.18. The Morgan fingerprint density at radius 3 is 2.80 bits per heavy atom. The monoisotopic (exact) mass is 224 g/mol. The first kappa shape index (κ1) is 10.3. The van der Waals surface area contributed by atoms with Crippen LogP contribution >= 0.6 is 11.6 Å². The third-order valence-electron chi connectivity index (χ3n) is 2.61. The van der Waals surface area contributed by atoms with Crippen molar-refractivity contribution in [2.45, 2.75) is 12.8 Å². The number of methoxy groups -OCH3 is 1. The predicted octanol–water partition coefficient (Wildman–Crippen LogP) is 2.63. The van der Waals surface area contributed by atoms with Gasteiger partial charge in [-0.15, -0.1) is 11.6 Å². The number of nitrogens with zero attached hydrogens (tertiary/aromatic N) is 2. The van der Waals surface area contributed by atoms with Gasteiger partial charge in [-0.2, -0.15) is 0 Å². The summed E-state index contributed by atoms with van der Waals surface area (Å²) in [6.07, 6.45) is 0. The van der Waals surface area contributed by atoms with E-state index in [-0.39, 0.29) is 0 Å². The van der Waals surface area contributed by atoms with Crippen LogP contribution in [0.25, 0.3) is 11.0 Å². The Hall–Kier alpha value is -1.22. The normalized spacial score (nSPS) is 10.9. The molecule has 4 heteroatoms. The van der Waals surface area contributed by atoms with Gasteiger partial charge in [0.25, 0.3) is 0 Å². The molecule has 2 aromatic rings. The van der Waals surface area contributed by atoms with Gasteiger partial charge in [-0.05, 0) is 18.6 Å². The largest absolute Gasteiger partial charge is 0.496 e. The van der Waals surface area contributed by atoms with Crippen LogP contribution in [-0.2, 0) is 12.9 Å². The molecule has 2 rings (SSSR count). The van der Waals surface area contributed by atoms with E-state index >= 15 is 0 Å². The minimum absolute atomic E-state index is 0.423. The number of ether oxygens (including phenoxy) is 1. The smallest absolute Gasteiger partial charge is 0.124 e. The summed E-state index contributed by atoms with van der Waals surface area (Å²) in [6, 6.07) is 4.01. The number of benzene rings is 1. The molecule has 3 nitrogen and oxygen atoms in total. The van der Waals surface area contributed by atoms with E-state index in [1.807, 2.05) is 30.7 Å². The van der Waals surface area contributed by atoms with Crippen molar-refractivity contribution in [2.24, 2.45) is 7.05 Å². The molecule has 0 radical (unpaired) electrons. The molecule has 1 heterocycles. The number of rotatable bonds is 2. The third-order valence-corrected chi connectivity index (χ3v) is 2.85. The van der Waals surface area contributed by atoms with E-state index in [9.17, 15) is 0 Å². The number of hydrogen-bond acceptors (Lipinski definition) is 2. The van der Waals surface area contributed by atoms with Crippen LogP contribution in [-0.4, -0.2) is 16.7 Å². The van der Waals surface area contributed by atoms with Crippen molar-refractivity contribution in [3.63, 3.8) is 0 Å². The summed E-state index contributed by atoms with van der Waals surface area (Å²) in [5.41, 5.74) is 3.10. The van der Waals surface area contributed by atoms with E-state index in [2.05, 4.69) is 4.98 Å². The van der Waals surface area contributed by atoms with Gasteiger partial charge < -0.3 is 9.30 Å². The number of hydrogen-bond donors (Lipinski definition) is 0. The lowest BCUT2D eigenvalue weighted by Crippen LogP contribution is -1.94. The SMILES string of the molecule is COc1cc2c(cc1C)nc(CCl)n2C. The average Bonchev–Trinajstić information content (AvgIpc) is 2.54. The molecule has 0 bridgehead atoms. The van der Waals surface area contributed by atoms with Gasteiger partial charge in [0.15, 0.2) is 0 Å². The van der Waals surface area contributed by atoms with Crippen LogP contribution in [0.4, 0.5) is 0 Å². The highest BCUT2D eigenvalue weighted by molar-refractivity contribution is 6.16. The van der Waals surface area contributed by atoms with E-state index < -0.39 is 0 Å². The lowest BCUT2D eigenvalue weighted by molar-refractivity contribution is 0.412. The van der Waals surface area contributed by atoms with E-state index in [1.54, 1.807) is 7.11 Å². The molecule has 1 aromatic carbocycles. The lowest BCUT2D eigenvalue weighted by Gasteiger charge is -2.04. The fourth-order valence-electron chi connectivity index (χ4n) is 1.71. The van der Waals surface area contributed by atoms with Gasteiger partial charge in [-0.1, -0.05) is 0 Å². The number of imidazole rings is 1. The highest BCUT2D eigenvalue weighted by atomic mass is 35.5. The average molecular weight is 225 g/mol. The fraction of sp³-hybridized carbons (Fsp3) is 0.364. The molecule has 15 heavy (non-hydrogen) atoms. The first-order chi connectivity index (χ1) is 7.17. The lowest BCUT2D eigenvalue weighted by atomic mass is 10.2. The second-order valence-corrected chi connectivity index (χ2v) is 3.80. The minimum atomic E-state index is 0.423. The van der Waals surface area contributed by atoms with E-state index in [0.717, 1.165) is 28.2 Å². The van der Waals surface area contributed by atoms with Crippen molar-refractivity contribution in [3.8, 4) is 5.75 Å². The van der Waals surface area contributed by atoms with Crippen molar-refractivity contribution < 1.29 is 4.74 Å². The number of halogens is 1. The molecule has 0 saturated carbocycles. The van der Waals surface area contributed by atoms with Crippen LogP contribution in [0.2, 0.25) is 0 Å². The van der Waals surface area contributed by atoms with Crippen LogP contribution in [0, 0.1) is 6.92 Å². The predicted molar refractivity (Wildman–Crippen MR) is 61.6 cm³/mol. The molecule has 0 aliphatic heterocycles. The number of aromatic nitrogens is 2. The molecule has 80 valence electrons. The topological polar surface area (TPSA) is 27.1 Å². The van der Waals surface area contributed by atoms with Gasteiger partial charge >= 0.3 is 0 Å². The van der Waals surface area contributed by atoms with Gasteiger partial charge in [0, 0.05) is 13.1 Å². The Bertz CT molecular complexity index is 505. The van der Waals surface area contributed by atoms with Gasteiger partial charge in [0.05, 0.1) is 24.0 Å². The zero-order valence-corrected chi connectivity index (χ0v) is 9.80. The highest BCUT2D eigenvalue weighted by Gasteiger charge is 2.09. The Morgan fingerprint density at radius 1 is 1.47 bits per heavy atom. The molecule has 0 aliphatic carbocycles. The molecule has 0 aliphatic rings. The van der Waals surface area contributed by atoms with E-state index in [4.69, 9.17) is 16.3 Å². The second-order valence-electron chi connectivity index (χ2n) is 3.53. The van der Waals surface area contributed by atoms with Crippen molar-refractivity contribution in [1.29, 1.82) is 0 Å². The van der Waals surface area contributed by atoms with Gasteiger partial charge in [-0.3, -0.25) is 0 Å². The Labute approximate surface area is 93.6 Å². The molecule has 0 unspecified atom stereocenters. The third kappa shape index (κ3) is 1.57. The molecule has 0 amide bonds.